The molecule has 1 aliphatic heterocycles. The Kier molecular flexibility index (Phi) is 9.34. The van der Waals surface area contributed by atoms with Crippen LogP contribution in [0.4, 0.5) is 4.79 Å². The van der Waals surface area contributed by atoms with Crippen LogP contribution in [0.3, 0.4) is 0 Å². The van der Waals surface area contributed by atoms with Crippen LogP contribution < -0.4 is 10.1 Å². The van der Waals surface area contributed by atoms with E-state index in [4.69, 9.17) is 14.2 Å². The van der Waals surface area contributed by atoms with Crippen molar-refractivity contribution in [2.24, 2.45) is 5.92 Å². The zero-order valence-corrected chi connectivity index (χ0v) is 24.6. The van der Waals surface area contributed by atoms with Crippen LogP contribution in [0, 0.1) is 5.92 Å². The Morgan fingerprint density at radius 3 is 2.18 bits per heavy atom. The number of likely N-dealkylation sites (tertiary alicyclic amines) is 1. The number of carboxylic acid groups (broad SMARTS) is 1. The molecule has 0 bridgehead atoms. The number of benzene rings is 2. The summed E-state index contributed by atoms with van der Waals surface area (Å²) in [6.45, 7) is 14.1. The Hall–Kier alpha value is -3.10. The van der Waals surface area contributed by atoms with Crippen molar-refractivity contribution in [3.8, 4) is 5.75 Å². The predicted molar refractivity (Wildman–Crippen MR) is 151 cm³/mol. The first-order valence-corrected chi connectivity index (χ1v) is 13.5. The highest BCUT2D eigenvalue weighted by Crippen LogP contribution is 2.46. The lowest BCUT2D eigenvalue weighted by Gasteiger charge is -2.37. The predicted octanol–water partition coefficient (Wildman–Crippen LogP) is 5.55. The van der Waals surface area contributed by atoms with Crippen molar-refractivity contribution in [1.29, 1.82) is 0 Å². The molecule has 4 atom stereocenters. The number of carbonyl (C=O) groups is 2. The number of hydrogen-bond acceptors (Lipinski definition) is 6. The van der Waals surface area contributed by atoms with Crippen molar-refractivity contribution < 1.29 is 28.9 Å². The third kappa shape index (κ3) is 6.56. The lowest BCUT2D eigenvalue weighted by Crippen LogP contribution is -2.52. The Bertz CT molecular complexity index is 1140. The third-order valence-corrected chi connectivity index (χ3v) is 7.61. The van der Waals surface area contributed by atoms with Gasteiger partial charge >= 0.3 is 12.1 Å². The second kappa shape index (κ2) is 12.0. The second-order valence-electron chi connectivity index (χ2n) is 12.0. The molecule has 2 aromatic rings. The zero-order valence-electron chi connectivity index (χ0n) is 24.6. The molecule has 39 heavy (non-hydrogen) atoms. The molecule has 0 aliphatic carbocycles. The monoisotopic (exact) mass is 540 g/mol. The van der Waals surface area contributed by atoms with Gasteiger partial charge < -0.3 is 24.6 Å². The van der Waals surface area contributed by atoms with Crippen LogP contribution in [0.25, 0.3) is 0 Å². The largest absolute Gasteiger partial charge is 0.496 e. The summed E-state index contributed by atoms with van der Waals surface area (Å²) in [4.78, 5) is 27.8. The summed E-state index contributed by atoms with van der Waals surface area (Å²) < 4.78 is 17.2. The summed E-state index contributed by atoms with van der Waals surface area (Å²) in [7, 11) is 3.21. The maximum atomic E-state index is 13.5. The first-order chi connectivity index (χ1) is 18.2. The summed E-state index contributed by atoms with van der Waals surface area (Å²) in [5, 5.41) is 14.2. The SMILES string of the molecule is COc1ccc(C(C)(C)C)cc1CN[C@H]1[C@H](C(C)(C)OC)[C@@H](C(=O)O)N(C(=O)OC(C)C)[C@H]1c1ccccc1. The molecule has 1 saturated heterocycles. The summed E-state index contributed by atoms with van der Waals surface area (Å²) in [6, 6.07) is 13.4. The van der Waals surface area contributed by atoms with Gasteiger partial charge in [-0.1, -0.05) is 63.2 Å². The average molecular weight is 541 g/mol. The first kappa shape index (κ1) is 30.4. The number of nitrogens with zero attached hydrogens (tertiary/aromatic N) is 1. The summed E-state index contributed by atoms with van der Waals surface area (Å²) in [5.41, 5.74) is 1.96. The number of hydrogen-bond donors (Lipinski definition) is 2. The van der Waals surface area contributed by atoms with Crippen molar-refractivity contribution in [2.45, 2.75) is 90.3 Å². The van der Waals surface area contributed by atoms with Crippen molar-refractivity contribution in [3.05, 3.63) is 65.2 Å². The number of rotatable bonds is 9. The van der Waals surface area contributed by atoms with Crippen LogP contribution >= 0.6 is 0 Å². The fourth-order valence-corrected chi connectivity index (χ4v) is 5.49. The molecule has 1 heterocycles. The average Bonchev–Trinajstić information content (AvgIpc) is 3.23. The van der Waals surface area contributed by atoms with Crippen LogP contribution in [0.1, 0.15) is 71.2 Å². The van der Waals surface area contributed by atoms with Crippen LogP contribution in [0.5, 0.6) is 5.75 Å². The number of carbonyl (C=O) groups excluding carboxylic acids is 1. The zero-order chi connectivity index (χ0) is 29.1. The molecule has 0 unspecified atom stereocenters. The number of ether oxygens (including phenoxy) is 3. The van der Waals surface area contributed by atoms with E-state index in [-0.39, 0.29) is 5.41 Å². The van der Waals surface area contributed by atoms with Gasteiger partial charge in [0, 0.05) is 31.2 Å². The molecule has 1 aliphatic rings. The number of aliphatic carboxylic acids is 1. The highest BCUT2D eigenvalue weighted by atomic mass is 16.6. The molecule has 8 heteroatoms. The fraction of sp³-hybridized carbons (Fsp3) is 0.548. The molecule has 0 aromatic heterocycles. The van der Waals surface area contributed by atoms with Crippen molar-refractivity contribution in [3.63, 3.8) is 0 Å². The van der Waals surface area contributed by atoms with Gasteiger partial charge in [0.15, 0.2) is 0 Å². The van der Waals surface area contributed by atoms with Gasteiger partial charge in [-0.25, -0.2) is 9.59 Å². The minimum absolute atomic E-state index is 0.0622. The molecular formula is C31H44N2O6. The molecule has 3 rings (SSSR count). The van der Waals surface area contributed by atoms with E-state index in [9.17, 15) is 14.7 Å². The molecule has 8 nitrogen and oxygen atoms in total. The van der Waals surface area contributed by atoms with Crippen molar-refractivity contribution in [2.75, 3.05) is 14.2 Å². The van der Waals surface area contributed by atoms with Crippen LogP contribution in [-0.2, 0) is 26.2 Å². The molecule has 0 radical (unpaired) electrons. The molecule has 2 N–H and O–H groups in total. The van der Waals surface area contributed by atoms with Gasteiger partial charge in [0.1, 0.15) is 11.8 Å². The third-order valence-electron chi connectivity index (χ3n) is 7.61. The summed E-state index contributed by atoms with van der Waals surface area (Å²) in [6.07, 6.45) is -1.08. The molecule has 1 amide bonds. The van der Waals surface area contributed by atoms with Gasteiger partial charge in [-0.3, -0.25) is 4.90 Å². The topological polar surface area (TPSA) is 97.3 Å². The highest BCUT2D eigenvalue weighted by molar-refractivity contribution is 5.82. The minimum Gasteiger partial charge on any atom is -0.496 e. The van der Waals surface area contributed by atoms with E-state index in [1.54, 1.807) is 28.1 Å². The van der Waals surface area contributed by atoms with E-state index in [1.165, 1.54) is 4.90 Å². The lowest BCUT2D eigenvalue weighted by atomic mass is 9.79. The van der Waals surface area contributed by atoms with Gasteiger partial charge in [-0.05, 0) is 50.3 Å². The number of carboxylic acids is 1. The van der Waals surface area contributed by atoms with Crippen LogP contribution in [0.15, 0.2) is 48.5 Å². The van der Waals surface area contributed by atoms with Gasteiger partial charge in [-0.2, -0.15) is 0 Å². The maximum absolute atomic E-state index is 13.5. The van der Waals surface area contributed by atoms with Gasteiger partial charge in [0.05, 0.1) is 24.9 Å². The smallest absolute Gasteiger partial charge is 0.411 e. The molecule has 1 fully saturated rings. The molecule has 214 valence electrons. The highest BCUT2D eigenvalue weighted by Gasteiger charge is 2.60. The maximum Gasteiger partial charge on any atom is 0.411 e. The molecule has 0 spiro atoms. The standard InChI is InChI=1S/C31H44N2O6/c1-19(2)39-29(36)33-26(20-13-11-10-12-14-20)25(24(27(33)28(34)35)31(6,7)38-9)32-18-21-17-22(30(3,4)5)15-16-23(21)37-8/h10-17,19,24-27,32H,18H2,1-9H3,(H,34,35)/t24-,25-,26-,27-/m0/s1. The summed E-state index contributed by atoms with van der Waals surface area (Å²) >= 11 is 0. The quantitative estimate of drug-likeness (QED) is 0.431. The molecular weight excluding hydrogens is 496 g/mol. The number of amides is 1. The lowest BCUT2D eigenvalue weighted by molar-refractivity contribution is -0.147. The second-order valence-corrected chi connectivity index (χ2v) is 12.0. The van der Waals surface area contributed by atoms with Crippen LogP contribution in [0.2, 0.25) is 0 Å². The van der Waals surface area contributed by atoms with E-state index in [0.29, 0.717) is 6.54 Å². The Morgan fingerprint density at radius 2 is 1.67 bits per heavy atom. The number of methoxy groups -OCH3 is 2. The minimum atomic E-state index is -1.18. The van der Waals surface area contributed by atoms with E-state index < -0.39 is 47.8 Å². The van der Waals surface area contributed by atoms with E-state index in [1.807, 2.05) is 50.2 Å². The fourth-order valence-electron chi connectivity index (χ4n) is 5.49. The van der Waals surface area contributed by atoms with Crippen LogP contribution in [-0.4, -0.2) is 60.1 Å². The first-order valence-electron chi connectivity index (χ1n) is 13.5. The Morgan fingerprint density at radius 1 is 1.03 bits per heavy atom. The van der Waals surface area contributed by atoms with Gasteiger partial charge in [0.25, 0.3) is 0 Å². The van der Waals surface area contributed by atoms with E-state index in [2.05, 4.69) is 38.2 Å². The Labute approximate surface area is 232 Å². The van der Waals surface area contributed by atoms with Gasteiger partial charge in [-0.15, -0.1) is 0 Å². The van der Waals surface area contributed by atoms with Gasteiger partial charge in [0.2, 0.25) is 0 Å². The molecule has 0 saturated carbocycles. The number of nitrogens with one attached hydrogen (secondary N) is 1. The Balaban J connectivity index is 2.17. The molecule has 2 aromatic carbocycles. The van der Waals surface area contributed by atoms with Crippen molar-refractivity contribution in [1.82, 2.24) is 10.2 Å². The van der Waals surface area contributed by atoms with Crippen molar-refractivity contribution >= 4 is 12.1 Å². The normalized spacial score (nSPS) is 21.7. The van der Waals surface area contributed by atoms with E-state index in [0.717, 1.165) is 22.4 Å². The summed E-state index contributed by atoms with van der Waals surface area (Å²) in [5.74, 6) is -0.983. The van der Waals surface area contributed by atoms with E-state index >= 15 is 0 Å².